The van der Waals surface area contributed by atoms with Crippen LogP contribution >= 0.6 is 0 Å². The Labute approximate surface area is 204 Å². The SMILES string of the molecule is CCNc1ncc2c(n1)N(C)C(=O)N(c1cc(NC(=O)c3cccc(C(F)(F)F)c3)cc(OC)c1)C2. The first-order chi connectivity index (χ1) is 17.1. The summed E-state index contributed by atoms with van der Waals surface area (Å²) in [6, 6.07) is 8.41. The Hall–Kier alpha value is -4.35. The van der Waals surface area contributed by atoms with Crippen LogP contribution in [0.4, 0.5) is 41.1 Å². The van der Waals surface area contributed by atoms with Crippen LogP contribution in [0.15, 0.2) is 48.7 Å². The molecule has 2 heterocycles. The highest BCUT2D eigenvalue weighted by molar-refractivity contribution is 6.07. The Balaban J connectivity index is 1.63. The van der Waals surface area contributed by atoms with E-state index in [9.17, 15) is 22.8 Å². The average Bonchev–Trinajstić information content (AvgIpc) is 2.86. The number of hydrogen-bond acceptors (Lipinski definition) is 6. The number of fused-ring (bicyclic) bond motifs is 1. The van der Waals surface area contributed by atoms with Crippen LogP contribution in [0.25, 0.3) is 0 Å². The van der Waals surface area contributed by atoms with Gasteiger partial charge in [0.2, 0.25) is 5.95 Å². The van der Waals surface area contributed by atoms with Gasteiger partial charge in [0.1, 0.15) is 11.6 Å². The Morgan fingerprint density at radius 2 is 1.97 bits per heavy atom. The van der Waals surface area contributed by atoms with Crippen molar-refractivity contribution in [3.63, 3.8) is 0 Å². The Bertz CT molecular complexity index is 1310. The van der Waals surface area contributed by atoms with Gasteiger partial charge in [-0.1, -0.05) is 6.07 Å². The van der Waals surface area contributed by atoms with Gasteiger partial charge in [0, 0.05) is 48.7 Å². The number of hydrogen-bond donors (Lipinski definition) is 2. The molecule has 0 spiro atoms. The van der Waals surface area contributed by atoms with E-state index in [1.807, 2.05) is 6.92 Å². The molecule has 3 amide bonds. The number of halogens is 3. The first kappa shape index (κ1) is 24.8. The van der Waals surface area contributed by atoms with Crippen LogP contribution in [0.2, 0.25) is 0 Å². The van der Waals surface area contributed by atoms with Crippen LogP contribution in [0.3, 0.4) is 0 Å². The summed E-state index contributed by atoms with van der Waals surface area (Å²) in [5.41, 5.74) is 0.266. The fraction of sp³-hybridized carbons (Fsp3) is 0.250. The summed E-state index contributed by atoms with van der Waals surface area (Å²) in [7, 11) is 3.01. The Kier molecular flexibility index (Phi) is 6.69. The van der Waals surface area contributed by atoms with Crippen LogP contribution in [0.5, 0.6) is 5.75 Å². The predicted octanol–water partition coefficient (Wildman–Crippen LogP) is 4.76. The molecule has 0 aliphatic carbocycles. The highest BCUT2D eigenvalue weighted by Crippen LogP contribution is 2.34. The third-order valence-electron chi connectivity index (χ3n) is 5.49. The fourth-order valence-corrected chi connectivity index (χ4v) is 3.72. The second kappa shape index (κ2) is 9.72. The van der Waals surface area contributed by atoms with Gasteiger partial charge in [-0.3, -0.25) is 14.6 Å². The molecule has 0 atom stereocenters. The van der Waals surface area contributed by atoms with Gasteiger partial charge in [0.05, 0.1) is 24.9 Å². The van der Waals surface area contributed by atoms with Gasteiger partial charge in [-0.15, -0.1) is 0 Å². The first-order valence-electron chi connectivity index (χ1n) is 10.9. The van der Waals surface area contributed by atoms with Gasteiger partial charge >= 0.3 is 12.2 Å². The van der Waals surface area contributed by atoms with E-state index in [4.69, 9.17) is 4.74 Å². The number of methoxy groups -OCH3 is 1. The highest BCUT2D eigenvalue weighted by atomic mass is 19.4. The van der Waals surface area contributed by atoms with Crippen molar-refractivity contribution in [2.45, 2.75) is 19.6 Å². The van der Waals surface area contributed by atoms with E-state index in [0.717, 1.165) is 18.2 Å². The topological polar surface area (TPSA) is 99.7 Å². The van der Waals surface area contributed by atoms with E-state index in [0.29, 0.717) is 35.3 Å². The smallest absolute Gasteiger partial charge is 0.416 e. The molecule has 0 bridgehead atoms. The summed E-state index contributed by atoms with van der Waals surface area (Å²) in [6.07, 6.45) is -2.94. The van der Waals surface area contributed by atoms with Crippen LogP contribution in [0, 0.1) is 0 Å². The minimum absolute atomic E-state index is 0.162. The molecule has 1 aliphatic rings. The van der Waals surface area contributed by atoms with Crippen molar-refractivity contribution in [3.05, 3.63) is 65.4 Å². The van der Waals surface area contributed by atoms with E-state index in [2.05, 4.69) is 20.6 Å². The van der Waals surface area contributed by atoms with Gasteiger partial charge in [-0.2, -0.15) is 18.2 Å². The molecule has 4 rings (SSSR count). The standard InChI is InChI=1S/C24H23F3N6O3/c1-4-28-22-29-12-15-13-33(23(35)32(2)20(15)31-22)18-9-17(10-19(11-18)36-3)30-21(34)14-6-5-7-16(8-14)24(25,26)27/h5-12H,4,13H2,1-3H3,(H,30,34)(H,28,29,31). The maximum absolute atomic E-state index is 13.2. The van der Waals surface area contributed by atoms with Crippen LogP contribution in [-0.2, 0) is 12.7 Å². The third-order valence-corrected chi connectivity index (χ3v) is 5.49. The zero-order valence-electron chi connectivity index (χ0n) is 19.7. The van der Waals surface area contributed by atoms with E-state index < -0.39 is 17.6 Å². The number of alkyl halides is 3. The Morgan fingerprint density at radius 1 is 1.19 bits per heavy atom. The summed E-state index contributed by atoms with van der Waals surface area (Å²) in [5, 5.41) is 5.60. The number of rotatable bonds is 6. The minimum atomic E-state index is -4.58. The number of anilines is 4. The van der Waals surface area contributed by atoms with Crippen molar-refractivity contribution in [1.29, 1.82) is 0 Å². The molecule has 36 heavy (non-hydrogen) atoms. The van der Waals surface area contributed by atoms with Crippen molar-refractivity contribution in [2.24, 2.45) is 0 Å². The summed E-state index contributed by atoms with van der Waals surface area (Å²) < 4.78 is 44.5. The first-order valence-corrected chi connectivity index (χ1v) is 10.9. The van der Waals surface area contributed by atoms with Crippen molar-refractivity contribution in [1.82, 2.24) is 9.97 Å². The molecule has 0 saturated carbocycles. The molecule has 0 fully saturated rings. The molecule has 0 radical (unpaired) electrons. The van der Waals surface area contributed by atoms with Gasteiger partial charge in [0.25, 0.3) is 5.91 Å². The average molecular weight is 500 g/mol. The summed E-state index contributed by atoms with van der Waals surface area (Å²) in [6.45, 7) is 2.70. The monoisotopic (exact) mass is 500 g/mol. The Morgan fingerprint density at radius 3 is 2.67 bits per heavy atom. The van der Waals surface area contributed by atoms with Gasteiger partial charge in [-0.25, -0.2) is 9.78 Å². The number of benzene rings is 2. The number of nitrogens with zero attached hydrogens (tertiary/aromatic N) is 4. The zero-order valence-corrected chi connectivity index (χ0v) is 19.7. The highest BCUT2D eigenvalue weighted by Gasteiger charge is 2.32. The quantitative estimate of drug-likeness (QED) is 0.506. The van der Waals surface area contributed by atoms with Crippen molar-refractivity contribution >= 4 is 35.1 Å². The van der Waals surface area contributed by atoms with Crippen molar-refractivity contribution in [3.8, 4) is 5.75 Å². The van der Waals surface area contributed by atoms with Gasteiger partial charge in [0.15, 0.2) is 0 Å². The second-order valence-corrected chi connectivity index (χ2v) is 7.95. The van der Waals surface area contributed by atoms with E-state index in [1.54, 1.807) is 25.4 Å². The van der Waals surface area contributed by atoms with E-state index in [-0.39, 0.29) is 23.8 Å². The molecule has 188 valence electrons. The zero-order chi connectivity index (χ0) is 26.0. The van der Waals surface area contributed by atoms with E-state index >= 15 is 0 Å². The second-order valence-electron chi connectivity index (χ2n) is 7.95. The molecule has 12 heteroatoms. The lowest BCUT2D eigenvalue weighted by Gasteiger charge is -2.34. The number of carbonyl (C=O) groups excluding carboxylic acids is 2. The molecule has 0 unspecified atom stereocenters. The van der Waals surface area contributed by atoms with Crippen LogP contribution in [-0.4, -0.2) is 42.6 Å². The molecule has 1 aliphatic heterocycles. The maximum Gasteiger partial charge on any atom is 0.416 e. The molecule has 2 N–H and O–H groups in total. The number of urea groups is 1. The van der Waals surface area contributed by atoms with Crippen LogP contribution < -0.4 is 25.2 Å². The van der Waals surface area contributed by atoms with E-state index in [1.165, 1.54) is 29.0 Å². The number of carbonyl (C=O) groups is 2. The molecular formula is C24H23F3N6O3. The fourth-order valence-electron chi connectivity index (χ4n) is 3.72. The molecular weight excluding hydrogens is 477 g/mol. The summed E-state index contributed by atoms with van der Waals surface area (Å²) >= 11 is 0. The number of aromatic nitrogens is 2. The lowest BCUT2D eigenvalue weighted by molar-refractivity contribution is -0.137. The maximum atomic E-state index is 13.2. The molecule has 1 aromatic heterocycles. The minimum Gasteiger partial charge on any atom is -0.497 e. The number of amides is 3. The number of nitrogens with one attached hydrogen (secondary N) is 2. The predicted molar refractivity (Wildman–Crippen MR) is 129 cm³/mol. The van der Waals surface area contributed by atoms with Gasteiger partial charge < -0.3 is 15.4 Å². The third kappa shape index (κ3) is 5.02. The number of ether oxygens (including phenoxy) is 1. The van der Waals surface area contributed by atoms with Crippen molar-refractivity contribution in [2.75, 3.05) is 41.1 Å². The molecule has 9 nitrogen and oxygen atoms in total. The summed E-state index contributed by atoms with van der Waals surface area (Å²) in [5.74, 6) is 0.484. The van der Waals surface area contributed by atoms with Crippen molar-refractivity contribution < 1.29 is 27.5 Å². The molecule has 2 aromatic carbocycles. The normalized spacial score (nSPS) is 13.3. The largest absolute Gasteiger partial charge is 0.497 e. The molecule has 3 aromatic rings. The lowest BCUT2D eigenvalue weighted by atomic mass is 10.1. The van der Waals surface area contributed by atoms with Crippen LogP contribution in [0.1, 0.15) is 28.4 Å². The summed E-state index contributed by atoms with van der Waals surface area (Å²) in [4.78, 5) is 37.4. The lowest BCUT2D eigenvalue weighted by Crippen LogP contribution is -2.46. The molecule has 0 saturated heterocycles. The van der Waals surface area contributed by atoms with Gasteiger partial charge in [-0.05, 0) is 31.2 Å².